The predicted molar refractivity (Wildman–Crippen MR) is 164 cm³/mol. The molecule has 4 aromatic rings. The highest BCUT2D eigenvalue weighted by molar-refractivity contribution is 5.91. The molecular weight excluding hydrogens is 542 g/mol. The Morgan fingerprint density at radius 3 is 2.60 bits per heavy atom. The first-order valence-corrected chi connectivity index (χ1v) is 15.1. The summed E-state index contributed by atoms with van der Waals surface area (Å²) in [5.74, 6) is -0.366. The molecule has 222 valence electrons. The lowest BCUT2D eigenvalue weighted by Crippen LogP contribution is -2.35. The maximum Gasteiger partial charge on any atom is 0.354 e. The summed E-state index contributed by atoms with van der Waals surface area (Å²) in [6.07, 6.45) is 6.84. The van der Waals surface area contributed by atoms with Gasteiger partial charge in [-0.05, 0) is 73.8 Å². The monoisotopic (exact) mass is 579 g/mol. The van der Waals surface area contributed by atoms with Crippen LogP contribution in [0, 0.1) is 12.3 Å². The first-order chi connectivity index (χ1) is 20.7. The van der Waals surface area contributed by atoms with Crippen LogP contribution in [0.4, 0.5) is 11.5 Å². The molecule has 3 fully saturated rings. The summed E-state index contributed by atoms with van der Waals surface area (Å²) in [5.41, 5.74) is 4.37. The molecule has 5 heterocycles. The number of fused-ring (bicyclic) bond motifs is 1. The number of carboxylic acids is 1. The summed E-state index contributed by atoms with van der Waals surface area (Å²) < 4.78 is 1.75. The molecular formula is C33H37N7O3. The number of aromatic nitrogens is 4. The summed E-state index contributed by atoms with van der Waals surface area (Å²) in [5, 5.41) is 17.1. The van der Waals surface area contributed by atoms with Gasteiger partial charge < -0.3 is 20.2 Å². The van der Waals surface area contributed by atoms with E-state index in [0.29, 0.717) is 11.5 Å². The van der Waals surface area contributed by atoms with Crippen LogP contribution in [0.5, 0.6) is 0 Å². The number of aromatic carboxylic acids is 1. The minimum Gasteiger partial charge on any atom is -0.477 e. The van der Waals surface area contributed by atoms with Crippen LogP contribution in [0.1, 0.15) is 71.3 Å². The molecule has 7 rings (SSSR count). The third kappa shape index (κ3) is 5.08. The molecule has 3 aromatic heterocycles. The summed E-state index contributed by atoms with van der Waals surface area (Å²) in [6.45, 7) is 7.87. The predicted octanol–water partition coefficient (Wildman–Crippen LogP) is 4.48. The number of carbonyl (C=O) groups excluding carboxylic acids is 1. The molecule has 2 unspecified atom stereocenters. The van der Waals surface area contributed by atoms with Gasteiger partial charge >= 0.3 is 5.97 Å². The number of aryl methyl sites for hydroxylation is 1. The molecule has 10 heteroatoms. The average Bonchev–Trinajstić information content (AvgIpc) is 3.81. The average molecular weight is 580 g/mol. The number of carbonyl (C=O) groups is 2. The lowest BCUT2D eigenvalue weighted by molar-refractivity contribution is 0.0690. The zero-order valence-corrected chi connectivity index (χ0v) is 24.7. The van der Waals surface area contributed by atoms with Crippen LogP contribution < -0.4 is 15.1 Å². The minimum atomic E-state index is -1.02. The standard InChI is InChI=1S/C33H37N7O3/c1-22-17-25(38-15-13-32(2,20-38)23-7-4-3-5-8-23)19-40-29(22)36-28(37-40)30(41)34-24-11-12-33(18-24)14-16-39(21-33)27-10-6-9-26(35-27)31(42)43/h3-10,17,19,24H,11-16,18,20-21H2,1-2H3,(H,34,41)(H,42,43)/t24?,32-,33?/m0/s1. The Morgan fingerprint density at radius 2 is 1.79 bits per heavy atom. The number of pyridine rings is 2. The number of nitrogens with one attached hydrogen (secondary N) is 1. The van der Waals surface area contributed by atoms with Gasteiger partial charge in [-0.1, -0.05) is 43.3 Å². The topological polar surface area (TPSA) is 116 Å². The number of benzene rings is 1. The Hall–Kier alpha value is -4.47. The van der Waals surface area contributed by atoms with Gasteiger partial charge in [0.15, 0.2) is 11.3 Å². The van der Waals surface area contributed by atoms with Crippen molar-refractivity contribution >= 4 is 29.0 Å². The maximum atomic E-state index is 13.3. The first-order valence-electron chi connectivity index (χ1n) is 15.1. The smallest absolute Gasteiger partial charge is 0.354 e. The Labute approximate surface area is 250 Å². The van der Waals surface area contributed by atoms with Crippen molar-refractivity contribution in [3.63, 3.8) is 0 Å². The number of nitrogens with zero attached hydrogens (tertiary/aromatic N) is 6. The molecule has 3 aliphatic rings. The van der Waals surface area contributed by atoms with Crippen molar-refractivity contribution in [2.45, 2.75) is 57.4 Å². The Balaban J connectivity index is 1.01. The number of hydrogen-bond acceptors (Lipinski definition) is 7. The lowest BCUT2D eigenvalue weighted by Gasteiger charge is -2.26. The molecule has 1 aliphatic carbocycles. The molecule has 2 saturated heterocycles. The third-order valence-electron chi connectivity index (χ3n) is 9.87. The molecule has 1 amide bonds. The van der Waals surface area contributed by atoms with E-state index in [1.807, 2.05) is 19.2 Å². The Bertz CT molecular complexity index is 1710. The molecule has 43 heavy (non-hydrogen) atoms. The van der Waals surface area contributed by atoms with E-state index in [2.05, 4.69) is 73.5 Å². The van der Waals surface area contributed by atoms with Crippen LogP contribution in [-0.4, -0.2) is 68.8 Å². The molecule has 1 aromatic carbocycles. The second kappa shape index (κ2) is 10.4. The number of anilines is 2. The van der Waals surface area contributed by atoms with E-state index in [0.717, 1.165) is 69.5 Å². The second-order valence-corrected chi connectivity index (χ2v) is 13.0. The van der Waals surface area contributed by atoms with Crippen LogP contribution in [0.15, 0.2) is 60.8 Å². The summed E-state index contributed by atoms with van der Waals surface area (Å²) in [7, 11) is 0. The van der Waals surface area contributed by atoms with E-state index in [1.54, 1.807) is 10.6 Å². The van der Waals surface area contributed by atoms with E-state index in [1.165, 1.54) is 11.6 Å². The fraction of sp³-hybridized carbons (Fsp3) is 0.424. The third-order valence-corrected chi connectivity index (χ3v) is 9.87. The summed E-state index contributed by atoms with van der Waals surface area (Å²) in [6, 6.07) is 18.0. The largest absolute Gasteiger partial charge is 0.477 e. The van der Waals surface area contributed by atoms with Gasteiger partial charge in [-0.25, -0.2) is 19.3 Å². The van der Waals surface area contributed by atoms with Gasteiger partial charge in [0.25, 0.3) is 5.91 Å². The molecule has 1 spiro atoms. The van der Waals surface area contributed by atoms with E-state index < -0.39 is 5.97 Å². The van der Waals surface area contributed by atoms with Crippen molar-refractivity contribution in [1.29, 1.82) is 0 Å². The van der Waals surface area contributed by atoms with Gasteiger partial charge in [0.1, 0.15) is 5.82 Å². The van der Waals surface area contributed by atoms with E-state index in [4.69, 9.17) is 0 Å². The maximum absolute atomic E-state index is 13.3. The Morgan fingerprint density at radius 1 is 0.977 bits per heavy atom. The molecule has 1 saturated carbocycles. The number of rotatable bonds is 6. The highest BCUT2D eigenvalue weighted by Gasteiger charge is 2.45. The zero-order valence-electron chi connectivity index (χ0n) is 24.7. The van der Waals surface area contributed by atoms with Crippen LogP contribution in [0.25, 0.3) is 5.65 Å². The highest BCUT2D eigenvalue weighted by atomic mass is 16.4. The van der Waals surface area contributed by atoms with Crippen LogP contribution >= 0.6 is 0 Å². The van der Waals surface area contributed by atoms with Crippen LogP contribution in [0.3, 0.4) is 0 Å². The zero-order chi connectivity index (χ0) is 29.8. The SMILES string of the molecule is Cc1cc(N2CC[C@](C)(c3ccccc3)C2)cn2nc(C(=O)NC3CCC4(CCN(c5cccc(C(=O)O)n5)C4)C3)nc12. The van der Waals surface area contributed by atoms with Crippen molar-refractivity contribution in [1.82, 2.24) is 24.9 Å². The number of hydrogen-bond donors (Lipinski definition) is 2. The second-order valence-electron chi connectivity index (χ2n) is 13.0. The van der Waals surface area contributed by atoms with Crippen LogP contribution in [0.2, 0.25) is 0 Å². The quantitative estimate of drug-likeness (QED) is 0.344. The van der Waals surface area contributed by atoms with Gasteiger partial charge in [-0.2, -0.15) is 0 Å². The Kier molecular flexibility index (Phi) is 6.59. The first kappa shape index (κ1) is 27.4. The minimum absolute atomic E-state index is 0.0503. The van der Waals surface area contributed by atoms with Crippen molar-refractivity contribution in [2.24, 2.45) is 5.41 Å². The van der Waals surface area contributed by atoms with Crippen molar-refractivity contribution in [3.05, 3.63) is 83.4 Å². The van der Waals surface area contributed by atoms with Crippen molar-refractivity contribution in [3.8, 4) is 0 Å². The molecule has 3 atom stereocenters. The normalized spacial score (nSPS) is 25.2. The number of amides is 1. The molecule has 10 nitrogen and oxygen atoms in total. The highest BCUT2D eigenvalue weighted by Crippen LogP contribution is 2.46. The number of carboxylic acid groups (broad SMARTS) is 1. The van der Waals surface area contributed by atoms with Crippen molar-refractivity contribution in [2.75, 3.05) is 36.0 Å². The van der Waals surface area contributed by atoms with Crippen molar-refractivity contribution < 1.29 is 14.7 Å². The van der Waals surface area contributed by atoms with Crippen LogP contribution in [-0.2, 0) is 5.41 Å². The molecule has 2 aliphatic heterocycles. The summed E-state index contributed by atoms with van der Waals surface area (Å²) in [4.78, 5) is 38.2. The van der Waals surface area contributed by atoms with E-state index in [9.17, 15) is 14.7 Å². The molecule has 2 N–H and O–H groups in total. The van der Waals surface area contributed by atoms with Gasteiger partial charge in [0.2, 0.25) is 5.82 Å². The van der Waals surface area contributed by atoms with Gasteiger partial charge in [-0.15, -0.1) is 5.10 Å². The van der Waals surface area contributed by atoms with Gasteiger partial charge in [-0.3, -0.25) is 4.79 Å². The lowest BCUT2D eigenvalue weighted by atomic mass is 9.82. The van der Waals surface area contributed by atoms with Gasteiger partial charge in [0.05, 0.1) is 11.9 Å². The van der Waals surface area contributed by atoms with E-state index in [-0.39, 0.29) is 34.3 Å². The summed E-state index contributed by atoms with van der Waals surface area (Å²) >= 11 is 0. The van der Waals surface area contributed by atoms with Gasteiger partial charge in [0, 0.05) is 37.6 Å². The molecule has 0 bridgehead atoms. The molecule has 0 radical (unpaired) electrons. The van der Waals surface area contributed by atoms with E-state index >= 15 is 0 Å². The fourth-order valence-electron chi connectivity index (χ4n) is 7.46. The fourth-order valence-corrected chi connectivity index (χ4v) is 7.46.